The molecular weight excluding hydrogens is 278 g/mol. The first-order valence-electron chi connectivity index (χ1n) is 6.41. The Bertz CT molecular complexity index is 832. The Hall–Kier alpha value is -2.39. The largest absolute Gasteiger partial charge is 0.396 e. The summed E-state index contributed by atoms with van der Waals surface area (Å²) in [7, 11) is 0. The Labute approximate surface area is 117 Å². The number of rotatable bonds is 2. The van der Waals surface area contributed by atoms with Crippen LogP contribution in [-0.4, -0.2) is 42.4 Å². The zero-order valence-electron chi connectivity index (χ0n) is 11.0. The second-order valence-corrected chi connectivity index (χ2v) is 5.13. The van der Waals surface area contributed by atoms with Gasteiger partial charge in [0.1, 0.15) is 0 Å². The highest BCUT2D eigenvalue weighted by Gasteiger charge is 2.38. The first-order valence-corrected chi connectivity index (χ1v) is 6.41. The van der Waals surface area contributed by atoms with Crippen LogP contribution in [0.25, 0.3) is 11.2 Å². The molecule has 21 heavy (non-hydrogen) atoms. The highest BCUT2D eigenvalue weighted by molar-refractivity contribution is 5.70. The molecule has 1 fully saturated rings. The minimum Gasteiger partial charge on any atom is -0.396 e. The Balaban J connectivity index is 2.22. The van der Waals surface area contributed by atoms with E-state index in [9.17, 15) is 19.8 Å². The van der Waals surface area contributed by atoms with E-state index in [4.69, 9.17) is 5.73 Å². The molecule has 2 heterocycles. The lowest BCUT2D eigenvalue weighted by atomic mass is 10.0. The molecule has 0 spiro atoms. The van der Waals surface area contributed by atoms with E-state index in [0.717, 1.165) is 0 Å². The molecule has 9 nitrogen and oxygen atoms in total. The van der Waals surface area contributed by atoms with Crippen LogP contribution in [0, 0.1) is 5.92 Å². The number of nitrogens with two attached hydrogens (primary N) is 1. The van der Waals surface area contributed by atoms with Gasteiger partial charge in [-0.1, -0.05) is 6.58 Å². The summed E-state index contributed by atoms with van der Waals surface area (Å²) in [5, 5.41) is 19.2. The number of aliphatic hydroxyl groups excluding tert-OH is 2. The van der Waals surface area contributed by atoms with Crippen LogP contribution in [0.15, 0.2) is 21.7 Å². The molecule has 0 aliphatic heterocycles. The molecule has 6 N–H and O–H groups in total. The van der Waals surface area contributed by atoms with Crippen LogP contribution in [0.2, 0.25) is 0 Å². The van der Waals surface area contributed by atoms with Crippen molar-refractivity contribution in [3.05, 3.63) is 33.0 Å². The summed E-state index contributed by atoms with van der Waals surface area (Å²) in [6.07, 6.45) is -0.589. The number of H-pyrrole nitrogens is 2. The fraction of sp³-hybridized carbons (Fsp3) is 0.417. The SMILES string of the molecule is C=C1[C@H](CO)C(O)C[C@@H]1n1c(=O)[nH]c2c(=O)[nH]c(N)nc21. The molecule has 2 aromatic heterocycles. The molecule has 0 amide bonds. The van der Waals surface area contributed by atoms with Crippen molar-refractivity contribution in [3.8, 4) is 0 Å². The van der Waals surface area contributed by atoms with Crippen molar-refractivity contribution >= 4 is 17.1 Å². The molecule has 0 saturated heterocycles. The molecule has 1 aliphatic rings. The standard InChI is InChI=1S/C12H15N5O4/c1-4-5(3-18)7(19)2-6(4)17-9-8(14-12(17)21)10(20)16-11(13)15-9/h5-7,18-19H,1-3H2,(H,14,21)(H3,13,15,16,20)/t5-,6-,7?/m0/s1. The average molecular weight is 293 g/mol. The van der Waals surface area contributed by atoms with Gasteiger partial charge < -0.3 is 15.9 Å². The predicted octanol–water partition coefficient (Wildman–Crippen LogP) is -1.53. The molecule has 0 aromatic carbocycles. The smallest absolute Gasteiger partial charge is 0.328 e. The number of hydrogen-bond donors (Lipinski definition) is 5. The lowest BCUT2D eigenvalue weighted by molar-refractivity contribution is 0.101. The van der Waals surface area contributed by atoms with Gasteiger partial charge in [-0.15, -0.1) is 0 Å². The number of aliphatic hydroxyl groups is 2. The van der Waals surface area contributed by atoms with E-state index >= 15 is 0 Å². The van der Waals surface area contributed by atoms with E-state index in [2.05, 4.69) is 21.5 Å². The summed E-state index contributed by atoms with van der Waals surface area (Å²) in [4.78, 5) is 32.6. The molecule has 2 aromatic rings. The van der Waals surface area contributed by atoms with Gasteiger partial charge in [-0.2, -0.15) is 4.98 Å². The molecule has 3 rings (SSSR count). The monoisotopic (exact) mass is 293 g/mol. The summed E-state index contributed by atoms with van der Waals surface area (Å²) in [6.45, 7) is 3.59. The third-order valence-corrected chi connectivity index (χ3v) is 3.94. The van der Waals surface area contributed by atoms with E-state index in [-0.39, 0.29) is 30.1 Å². The van der Waals surface area contributed by atoms with Crippen molar-refractivity contribution in [2.45, 2.75) is 18.6 Å². The summed E-state index contributed by atoms with van der Waals surface area (Å²) < 4.78 is 1.25. The van der Waals surface area contributed by atoms with Gasteiger partial charge >= 0.3 is 5.69 Å². The van der Waals surface area contributed by atoms with Crippen molar-refractivity contribution in [2.24, 2.45) is 5.92 Å². The number of nitrogens with zero attached hydrogens (tertiary/aromatic N) is 2. The third kappa shape index (κ3) is 1.89. The number of anilines is 1. The van der Waals surface area contributed by atoms with Crippen molar-refractivity contribution in [2.75, 3.05) is 12.3 Å². The van der Waals surface area contributed by atoms with Gasteiger partial charge in [0.05, 0.1) is 18.8 Å². The number of aromatic nitrogens is 4. The van der Waals surface area contributed by atoms with Gasteiger partial charge in [0.15, 0.2) is 11.2 Å². The molecular formula is C12H15N5O4. The Morgan fingerprint density at radius 2 is 2.14 bits per heavy atom. The lowest BCUT2D eigenvalue weighted by Crippen LogP contribution is -2.22. The first-order chi connectivity index (χ1) is 9.93. The van der Waals surface area contributed by atoms with Crippen molar-refractivity contribution < 1.29 is 10.2 Å². The van der Waals surface area contributed by atoms with Crippen LogP contribution in [0.3, 0.4) is 0 Å². The quantitative estimate of drug-likeness (QED) is 0.424. The lowest BCUT2D eigenvalue weighted by Gasteiger charge is -2.14. The van der Waals surface area contributed by atoms with Crippen LogP contribution >= 0.6 is 0 Å². The van der Waals surface area contributed by atoms with Crippen LogP contribution in [0.5, 0.6) is 0 Å². The van der Waals surface area contributed by atoms with Crippen LogP contribution in [0.1, 0.15) is 12.5 Å². The van der Waals surface area contributed by atoms with Crippen LogP contribution in [-0.2, 0) is 0 Å². The first kappa shape index (κ1) is 13.6. The van der Waals surface area contributed by atoms with E-state index in [1.54, 1.807) is 0 Å². The van der Waals surface area contributed by atoms with Gasteiger partial charge in [-0.3, -0.25) is 19.3 Å². The van der Waals surface area contributed by atoms with Crippen LogP contribution < -0.4 is 17.0 Å². The van der Waals surface area contributed by atoms with Gasteiger partial charge in [0, 0.05) is 5.92 Å². The summed E-state index contributed by atoms with van der Waals surface area (Å²) in [5.74, 6) is -0.616. The zero-order valence-corrected chi connectivity index (χ0v) is 11.0. The second-order valence-electron chi connectivity index (χ2n) is 5.13. The normalized spacial score (nSPS) is 25.8. The Kier molecular flexibility index (Phi) is 2.96. The van der Waals surface area contributed by atoms with Gasteiger partial charge in [-0.05, 0) is 12.0 Å². The highest BCUT2D eigenvalue weighted by atomic mass is 16.3. The maximum Gasteiger partial charge on any atom is 0.328 e. The number of fused-ring (bicyclic) bond motifs is 1. The minimum absolute atomic E-state index is 0.0175. The minimum atomic E-state index is -0.802. The van der Waals surface area contributed by atoms with E-state index in [1.807, 2.05) is 0 Å². The molecule has 0 bridgehead atoms. The Morgan fingerprint density at radius 3 is 2.76 bits per heavy atom. The molecule has 3 atom stereocenters. The van der Waals surface area contributed by atoms with Crippen LogP contribution in [0.4, 0.5) is 5.95 Å². The summed E-state index contributed by atoms with van der Waals surface area (Å²) in [5.41, 5.74) is 5.08. The van der Waals surface area contributed by atoms with Gasteiger partial charge in [0.2, 0.25) is 5.95 Å². The van der Waals surface area contributed by atoms with Crippen molar-refractivity contribution in [1.82, 2.24) is 19.5 Å². The fourth-order valence-corrected chi connectivity index (χ4v) is 2.87. The Morgan fingerprint density at radius 1 is 1.43 bits per heavy atom. The zero-order chi connectivity index (χ0) is 15.3. The topological polar surface area (TPSA) is 150 Å². The highest BCUT2D eigenvalue weighted by Crippen LogP contribution is 2.38. The molecule has 112 valence electrons. The molecule has 1 aliphatic carbocycles. The number of nitrogens with one attached hydrogen (secondary N) is 2. The maximum absolute atomic E-state index is 12.1. The molecule has 1 unspecified atom stereocenters. The van der Waals surface area contributed by atoms with Crippen molar-refractivity contribution in [1.29, 1.82) is 0 Å². The van der Waals surface area contributed by atoms with Crippen molar-refractivity contribution in [3.63, 3.8) is 0 Å². The van der Waals surface area contributed by atoms with E-state index < -0.39 is 29.3 Å². The number of imidazole rings is 1. The average Bonchev–Trinajstić information content (AvgIpc) is 2.87. The predicted molar refractivity (Wildman–Crippen MR) is 74.8 cm³/mol. The number of nitrogen functional groups attached to an aromatic ring is 1. The van der Waals surface area contributed by atoms with Gasteiger partial charge in [-0.25, -0.2) is 4.79 Å². The third-order valence-electron chi connectivity index (χ3n) is 3.94. The number of aromatic amines is 2. The fourth-order valence-electron chi connectivity index (χ4n) is 2.87. The maximum atomic E-state index is 12.1. The molecule has 1 saturated carbocycles. The molecule has 0 radical (unpaired) electrons. The second kappa shape index (κ2) is 4.57. The van der Waals surface area contributed by atoms with E-state index in [0.29, 0.717) is 5.57 Å². The molecule has 9 heteroatoms. The van der Waals surface area contributed by atoms with E-state index in [1.165, 1.54) is 4.57 Å². The summed E-state index contributed by atoms with van der Waals surface area (Å²) in [6, 6.07) is -0.549. The summed E-state index contributed by atoms with van der Waals surface area (Å²) >= 11 is 0. The van der Waals surface area contributed by atoms with Gasteiger partial charge in [0.25, 0.3) is 5.56 Å². The number of hydrogen-bond acceptors (Lipinski definition) is 6.